The summed E-state index contributed by atoms with van der Waals surface area (Å²) in [5.41, 5.74) is 9.23. The molecule has 0 N–H and O–H groups in total. The largest absolute Gasteiger partial charge is 0.308 e. The molecule has 160 valence electrons. The number of para-hydroxylation sites is 2. The lowest BCUT2D eigenvalue weighted by Crippen LogP contribution is -2.01. The van der Waals surface area contributed by atoms with E-state index in [1.54, 1.807) is 12.4 Å². The number of aromatic nitrogens is 2. The standard InChI is InChI=1S/C31H21N3/c1-21-8-7-12-26-25-11-5-6-13-29(25)34(31(21)26)30-19-27(23-14-16-33-17-15-23)24(20-32)18-28(30)22-9-3-2-4-10-22/h2-19H,1H3. The highest BCUT2D eigenvalue weighted by molar-refractivity contribution is 6.11. The molecule has 0 aliphatic heterocycles. The van der Waals surface area contributed by atoms with Crippen LogP contribution in [0.3, 0.4) is 0 Å². The second-order valence-corrected chi connectivity index (χ2v) is 8.45. The summed E-state index contributed by atoms with van der Waals surface area (Å²) in [7, 11) is 0. The first-order valence-electron chi connectivity index (χ1n) is 11.3. The minimum absolute atomic E-state index is 0.645. The van der Waals surface area contributed by atoms with Crippen molar-refractivity contribution < 1.29 is 0 Å². The van der Waals surface area contributed by atoms with Crippen molar-refractivity contribution in [1.29, 1.82) is 5.26 Å². The molecule has 0 fully saturated rings. The van der Waals surface area contributed by atoms with Crippen molar-refractivity contribution in [2.45, 2.75) is 6.92 Å². The van der Waals surface area contributed by atoms with E-state index in [2.05, 4.69) is 83.2 Å². The predicted octanol–water partition coefficient (Wildman–Crippen LogP) is 7.69. The molecule has 0 atom stereocenters. The van der Waals surface area contributed by atoms with E-state index in [1.807, 2.05) is 36.4 Å². The molecule has 0 unspecified atom stereocenters. The van der Waals surface area contributed by atoms with Crippen LogP contribution in [0.5, 0.6) is 0 Å². The van der Waals surface area contributed by atoms with E-state index in [4.69, 9.17) is 0 Å². The number of fused-ring (bicyclic) bond motifs is 3. The van der Waals surface area contributed by atoms with E-state index in [0.29, 0.717) is 5.56 Å². The maximum Gasteiger partial charge on any atom is 0.0998 e. The number of hydrogen-bond donors (Lipinski definition) is 0. The van der Waals surface area contributed by atoms with Crippen LogP contribution in [-0.2, 0) is 0 Å². The van der Waals surface area contributed by atoms with Gasteiger partial charge < -0.3 is 4.57 Å². The highest BCUT2D eigenvalue weighted by Gasteiger charge is 2.19. The molecule has 0 saturated heterocycles. The maximum absolute atomic E-state index is 10.1. The summed E-state index contributed by atoms with van der Waals surface area (Å²) in [5.74, 6) is 0. The van der Waals surface area contributed by atoms with Crippen LogP contribution < -0.4 is 0 Å². The minimum Gasteiger partial charge on any atom is -0.308 e. The molecule has 0 spiro atoms. The fourth-order valence-corrected chi connectivity index (χ4v) is 4.93. The molecule has 3 nitrogen and oxygen atoms in total. The van der Waals surface area contributed by atoms with E-state index in [1.165, 1.54) is 21.9 Å². The predicted molar refractivity (Wildman–Crippen MR) is 139 cm³/mol. The van der Waals surface area contributed by atoms with Gasteiger partial charge in [-0.15, -0.1) is 0 Å². The minimum atomic E-state index is 0.645. The highest BCUT2D eigenvalue weighted by atomic mass is 15.0. The first-order valence-corrected chi connectivity index (χ1v) is 11.3. The van der Waals surface area contributed by atoms with E-state index < -0.39 is 0 Å². The second kappa shape index (κ2) is 8.03. The SMILES string of the molecule is Cc1cccc2c3ccccc3n(-c3cc(-c4ccncc4)c(C#N)cc3-c3ccccc3)c12. The number of hydrogen-bond acceptors (Lipinski definition) is 2. The summed E-state index contributed by atoms with van der Waals surface area (Å²) in [6.07, 6.45) is 3.54. The Morgan fingerprint density at radius 1 is 0.706 bits per heavy atom. The van der Waals surface area contributed by atoms with Crippen LogP contribution in [0.2, 0.25) is 0 Å². The Labute approximate surface area is 198 Å². The molecule has 6 rings (SSSR count). The van der Waals surface area contributed by atoms with Crippen LogP contribution in [0.25, 0.3) is 49.7 Å². The Kier molecular flexibility index (Phi) is 4.71. The van der Waals surface area contributed by atoms with E-state index in [0.717, 1.165) is 33.5 Å². The third kappa shape index (κ3) is 3.09. The number of benzene rings is 4. The summed E-state index contributed by atoms with van der Waals surface area (Å²) in [6.45, 7) is 2.16. The van der Waals surface area contributed by atoms with Gasteiger partial charge in [0.2, 0.25) is 0 Å². The third-order valence-electron chi connectivity index (χ3n) is 6.47. The van der Waals surface area contributed by atoms with Gasteiger partial charge in [-0.05, 0) is 53.9 Å². The lowest BCUT2D eigenvalue weighted by atomic mass is 9.94. The molecular weight excluding hydrogens is 414 g/mol. The van der Waals surface area contributed by atoms with Gasteiger partial charge in [0, 0.05) is 34.3 Å². The maximum atomic E-state index is 10.1. The van der Waals surface area contributed by atoms with Crippen LogP contribution in [0.15, 0.2) is 109 Å². The van der Waals surface area contributed by atoms with E-state index in [-0.39, 0.29) is 0 Å². The average molecular weight is 436 g/mol. The molecule has 0 aliphatic rings. The van der Waals surface area contributed by atoms with Crippen LogP contribution in [0.4, 0.5) is 0 Å². The van der Waals surface area contributed by atoms with E-state index >= 15 is 0 Å². The van der Waals surface area contributed by atoms with Crippen molar-refractivity contribution in [2.75, 3.05) is 0 Å². The summed E-state index contributed by atoms with van der Waals surface area (Å²) >= 11 is 0. The first-order chi connectivity index (χ1) is 16.8. The monoisotopic (exact) mass is 435 g/mol. The quantitative estimate of drug-likeness (QED) is 0.286. The number of aryl methyl sites for hydroxylation is 1. The number of nitriles is 1. The number of rotatable bonds is 3. The summed E-state index contributed by atoms with van der Waals surface area (Å²) in [4.78, 5) is 4.17. The van der Waals surface area contributed by atoms with Crippen molar-refractivity contribution in [3.05, 3.63) is 121 Å². The van der Waals surface area contributed by atoms with Crippen molar-refractivity contribution >= 4 is 21.8 Å². The van der Waals surface area contributed by atoms with Gasteiger partial charge in [-0.1, -0.05) is 66.7 Å². The fourth-order valence-electron chi connectivity index (χ4n) is 4.93. The lowest BCUT2D eigenvalue weighted by molar-refractivity contribution is 1.17. The van der Waals surface area contributed by atoms with Crippen molar-refractivity contribution in [2.24, 2.45) is 0 Å². The number of pyridine rings is 1. The molecule has 0 aliphatic carbocycles. The second-order valence-electron chi connectivity index (χ2n) is 8.45. The molecule has 4 aromatic carbocycles. The van der Waals surface area contributed by atoms with Crippen molar-refractivity contribution in [3.63, 3.8) is 0 Å². The first kappa shape index (κ1) is 20.0. The van der Waals surface area contributed by atoms with Crippen LogP contribution in [0, 0.1) is 18.3 Å². The molecule has 3 heteroatoms. The summed E-state index contributed by atoms with van der Waals surface area (Å²) < 4.78 is 2.36. The molecule has 0 radical (unpaired) electrons. The average Bonchev–Trinajstić information content (AvgIpc) is 3.24. The van der Waals surface area contributed by atoms with Crippen LogP contribution in [-0.4, -0.2) is 9.55 Å². The highest BCUT2D eigenvalue weighted by Crippen LogP contribution is 2.40. The Balaban J connectivity index is 1.80. The summed E-state index contributed by atoms with van der Waals surface area (Å²) in [6, 6.07) is 35.8. The van der Waals surface area contributed by atoms with Crippen molar-refractivity contribution in [3.8, 4) is 34.0 Å². The van der Waals surface area contributed by atoms with Crippen LogP contribution >= 0.6 is 0 Å². The Morgan fingerprint density at radius 3 is 2.21 bits per heavy atom. The van der Waals surface area contributed by atoms with Gasteiger partial charge in [-0.25, -0.2) is 0 Å². The van der Waals surface area contributed by atoms with Gasteiger partial charge in [0.1, 0.15) is 0 Å². The summed E-state index contributed by atoms with van der Waals surface area (Å²) in [5, 5.41) is 12.5. The topological polar surface area (TPSA) is 41.6 Å². The molecule has 0 bridgehead atoms. The molecule has 0 amide bonds. The molecule has 0 saturated carbocycles. The van der Waals surface area contributed by atoms with E-state index in [9.17, 15) is 5.26 Å². The Morgan fingerprint density at radius 2 is 1.41 bits per heavy atom. The zero-order chi connectivity index (χ0) is 23.1. The number of nitrogens with zero attached hydrogens (tertiary/aromatic N) is 3. The van der Waals surface area contributed by atoms with Gasteiger partial charge in [0.15, 0.2) is 0 Å². The zero-order valence-electron chi connectivity index (χ0n) is 18.7. The normalized spacial score (nSPS) is 11.1. The molecule has 34 heavy (non-hydrogen) atoms. The molecule has 2 heterocycles. The van der Waals surface area contributed by atoms with Crippen LogP contribution in [0.1, 0.15) is 11.1 Å². The third-order valence-corrected chi connectivity index (χ3v) is 6.47. The Hall–Kier alpha value is -4.68. The molecular formula is C31H21N3. The van der Waals surface area contributed by atoms with Gasteiger partial charge >= 0.3 is 0 Å². The Bertz CT molecular complexity index is 1710. The van der Waals surface area contributed by atoms with Gasteiger partial charge in [0.05, 0.1) is 28.4 Å². The van der Waals surface area contributed by atoms with Crippen molar-refractivity contribution in [1.82, 2.24) is 9.55 Å². The smallest absolute Gasteiger partial charge is 0.0998 e. The lowest BCUT2D eigenvalue weighted by Gasteiger charge is -2.18. The fraction of sp³-hybridized carbons (Fsp3) is 0.0323. The van der Waals surface area contributed by atoms with Gasteiger partial charge in [0.25, 0.3) is 0 Å². The molecule has 6 aromatic rings. The zero-order valence-corrected chi connectivity index (χ0v) is 18.7. The van der Waals surface area contributed by atoms with Gasteiger partial charge in [-0.2, -0.15) is 5.26 Å². The van der Waals surface area contributed by atoms with Gasteiger partial charge in [-0.3, -0.25) is 4.98 Å². The molecule has 2 aromatic heterocycles.